The van der Waals surface area contributed by atoms with E-state index in [1.807, 2.05) is 12.1 Å². The van der Waals surface area contributed by atoms with Crippen LogP contribution in [-0.2, 0) is 0 Å². The lowest BCUT2D eigenvalue weighted by molar-refractivity contribution is 0.255. The number of hydrogen-bond donors (Lipinski definition) is 1. The van der Waals surface area contributed by atoms with Gasteiger partial charge in [0.25, 0.3) is 0 Å². The fourth-order valence-electron chi connectivity index (χ4n) is 3.75. The largest absolute Gasteiger partial charge is 0.370 e. The summed E-state index contributed by atoms with van der Waals surface area (Å²) in [6.07, 6.45) is 3.44. The third kappa shape index (κ3) is 5.10. The molecule has 26 heavy (non-hydrogen) atoms. The lowest BCUT2D eigenvalue weighted by atomic mass is 10.00. The monoisotopic (exact) mass is 361 g/mol. The summed E-state index contributed by atoms with van der Waals surface area (Å²) >= 11 is 0. The first-order chi connectivity index (χ1) is 12.6. The third-order valence-corrected chi connectivity index (χ3v) is 5.58. The highest BCUT2D eigenvalue weighted by Gasteiger charge is 2.19. The van der Waals surface area contributed by atoms with Crippen molar-refractivity contribution in [3.8, 4) is 0 Å². The number of anilines is 1. The maximum Gasteiger partial charge on any atom is 0.191 e. The molecule has 0 saturated carbocycles. The zero-order chi connectivity index (χ0) is 18.4. The van der Waals surface area contributed by atoms with Gasteiger partial charge in [-0.05, 0) is 37.3 Å². The van der Waals surface area contributed by atoms with E-state index in [1.54, 1.807) is 6.07 Å². The van der Waals surface area contributed by atoms with E-state index in [1.165, 1.54) is 18.9 Å². The number of guanidine groups is 1. The summed E-state index contributed by atoms with van der Waals surface area (Å²) in [7, 11) is 0. The minimum atomic E-state index is -0.127. The van der Waals surface area contributed by atoms with E-state index in [-0.39, 0.29) is 5.82 Å². The van der Waals surface area contributed by atoms with Gasteiger partial charge in [0.2, 0.25) is 0 Å². The number of para-hydroxylation sites is 1. The number of halogens is 1. The molecule has 0 unspecified atom stereocenters. The number of benzene rings is 1. The van der Waals surface area contributed by atoms with Crippen molar-refractivity contribution in [1.82, 2.24) is 9.80 Å². The molecule has 2 saturated heterocycles. The summed E-state index contributed by atoms with van der Waals surface area (Å²) in [5.41, 5.74) is 6.85. The Hall–Kier alpha value is -1.82. The number of piperidine rings is 1. The Morgan fingerprint density at radius 1 is 1.12 bits per heavy atom. The molecule has 144 valence electrons. The van der Waals surface area contributed by atoms with Gasteiger partial charge in [-0.3, -0.25) is 9.89 Å². The van der Waals surface area contributed by atoms with E-state index in [0.717, 1.165) is 70.4 Å². The van der Waals surface area contributed by atoms with Crippen molar-refractivity contribution in [3.05, 3.63) is 30.1 Å². The Morgan fingerprint density at radius 2 is 1.81 bits per heavy atom. The van der Waals surface area contributed by atoms with Crippen molar-refractivity contribution in [3.63, 3.8) is 0 Å². The molecule has 1 aromatic rings. The van der Waals surface area contributed by atoms with E-state index in [0.29, 0.717) is 5.96 Å². The number of rotatable bonds is 5. The minimum Gasteiger partial charge on any atom is -0.370 e. The molecule has 2 aliphatic heterocycles. The maximum atomic E-state index is 13.9. The Morgan fingerprint density at radius 3 is 2.50 bits per heavy atom. The molecular weight excluding hydrogens is 329 g/mol. The summed E-state index contributed by atoms with van der Waals surface area (Å²) < 4.78 is 13.9. The summed E-state index contributed by atoms with van der Waals surface area (Å²) in [5, 5.41) is 0. The molecule has 6 heteroatoms. The number of nitrogens with zero attached hydrogens (tertiary/aromatic N) is 4. The predicted molar refractivity (Wildman–Crippen MR) is 106 cm³/mol. The van der Waals surface area contributed by atoms with Crippen molar-refractivity contribution in [2.75, 3.05) is 57.3 Å². The molecule has 2 heterocycles. The number of aliphatic imine (C=N–C) groups is 1. The Bertz CT molecular complexity index is 590. The second-order valence-corrected chi connectivity index (χ2v) is 7.54. The Labute approximate surface area is 156 Å². The van der Waals surface area contributed by atoms with Crippen LogP contribution in [0.4, 0.5) is 10.1 Å². The lowest BCUT2D eigenvalue weighted by Gasteiger charge is -2.36. The SMILES string of the molecule is CC1CCN(C(N)=NCCCN2CCN(c3ccccc3F)CC2)CC1. The third-order valence-electron chi connectivity index (χ3n) is 5.58. The van der Waals surface area contributed by atoms with Crippen LogP contribution >= 0.6 is 0 Å². The summed E-state index contributed by atoms with van der Waals surface area (Å²) in [5.74, 6) is 1.39. The van der Waals surface area contributed by atoms with Crippen LogP contribution in [0.15, 0.2) is 29.3 Å². The molecule has 0 amide bonds. The molecule has 2 aliphatic rings. The minimum absolute atomic E-state index is 0.127. The highest BCUT2D eigenvalue weighted by atomic mass is 19.1. The number of hydrogen-bond acceptors (Lipinski definition) is 3. The van der Waals surface area contributed by atoms with E-state index in [2.05, 4.69) is 26.6 Å². The topological polar surface area (TPSA) is 48.1 Å². The van der Waals surface area contributed by atoms with E-state index in [4.69, 9.17) is 5.73 Å². The van der Waals surface area contributed by atoms with Crippen LogP contribution < -0.4 is 10.6 Å². The molecular formula is C20H32FN5. The van der Waals surface area contributed by atoms with Crippen molar-refractivity contribution in [2.24, 2.45) is 16.6 Å². The van der Waals surface area contributed by atoms with Crippen LogP contribution in [0.5, 0.6) is 0 Å². The van der Waals surface area contributed by atoms with Crippen molar-refractivity contribution >= 4 is 11.6 Å². The molecule has 0 atom stereocenters. The Balaban J connectivity index is 1.35. The molecule has 1 aromatic carbocycles. The molecule has 5 nitrogen and oxygen atoms in total. The molecule has 3 rings (SSSR count). The first-order valence-electron chi connectivity index (χ1n) is 9.90. The number of likely N-dealkylation sites (tertiary alicyclic amines) is 1. The van der Waals surface area contributed by atoms with Gasteiger partial charge >= 0.3 is 0 Å². The highest BCUT2D eigenvalue weighted by molar-refractivity contribution is 5.78. The summed E-state index contributed by atoms with van der Waals surface area (Å²) in [6, 6.07) is 7.04. The first kappa shape index (κ1) is 19.0. The van der Waals surface area contributed by atoms with Crippen LogP contribution in [0.1, 0.15) is 26.2 Å². The molecule has 0 bridgehead atoms. The van der Waals surface area contributed by atoms with Gasteiger partial charge < -0.3 is 15.5 Å². The molecule has 2 N–H and O–H groups in total. The van der Waals surface area contributed by atoms with Crippen LogP contribution in [-0.4, -0.2) is 68.1 Å². The van der Waals surface area contributed by atoms with Crippen LogP contribution in [0.3, 0.4) is 0 Å². The maximum absolute atomic E-state index is 13.9. The first-order valence-corrected chi connectivity index (χ1v) is 9.90. The predicted octanol–water partition coefficient (Wildman–Crippen LogP) is 2.38. The smallest absolute Gasteiger partial charge is 0.191 e. The van der Waals surface area contributed by atoms with Crippen molar-refractivity contribution < 1.29 is 4.39 Å². The van der Waals surface area contributed by atoms with E-state index in [9.17, 15) is 4.39 Å². The molecule has 0 aromatic heterocycles. The van der Waals surface area contributed by atoms with Gasteiger partial charge in [0, 0.05) is 52.4 Å². The average molecular weight is 362 g/mol. The molecule has 0 aliphatic carbocycles. The van der Waals surface area contributed by atoms with Gasteiger partial charge in [0.05, 0.1) is 5.69 Å². The molecule has 0 radical (unpaired) electrons. The standard InChI is InChI=1S/C20H32FN5/c1-17-7-11-26(12-8-17)20(22)23-9-4-10-24-13-15-25(16-14-24)19-6-3-2-5-18(19)21/h2-3,5-6,17H,4,7-16H2,1H3,(H2,22,23). The van der Waals surface area contributed by atoms with Gasteiger partial charge in [-0.15, -0.1) is 0 Å². The summed E-state index contributed by atoms with van der Waals surface area (Å²) in [6.45, 7) is 9.87. The number of nitrogens with two attached hydrogens (primary N) is 1. The van der Waals surface area contributed by atoms with Gasteiger partial charge in [0.15, 0.2) is 5.96 Å². The second-order valence-electron chi connectivity index (χ2n) is 7.54. The van der Waals surface area contributed by atoms with Crippen molar-refractivity contribution in [2.45, 2.75) is 26.2 Å². The zero-order valence-corrected chi connectivity index (χ0v) is 15.9. The zero-order valence-electron chi connectivity index (χ0n) is 15.9. The fourth-order valence-corrected chi connectivity index (χ4v) is 3.75. The van der Waals surface area contributed by atoms with Gasteiger partial charge in [-0.25, -0.2) is 4.39 Å². The van der Waals surface area contributed by atoms with Gasteiger partial charge in [-0.2, -0.15) is 0 Å². The number of piperazine rings is 1. The normalized spacial score (nSPS) is 20.6. The average Bonchev–Trinajstić information content (AvgIpc) is 2.67. The lowest BCUT2D eigenvalue weighted by Crippen LogP contribution is -2.47. The van der Waals surface area contributed by atoms with Crippen LogP contribution in [0.2, 0.25) is 0 Å². The molecule has 0 spiro atoms. The van der Waals surface area contributed by atoms with Gasteiger partial charge in [-0.1, -0.05) is 19.1 Å². The highest BCUT2D eigenvalue weighted by Crippen LogP contribution is 2.20. The summed E-state index contributed by atoms with van der Waals surface area (Å²) in [4.78, 5) is 11.4. The fraction of sp³-hybridized carbons (Fsp3) is 0.650. The van der Waals surface area contributed by atoms with Gasteiger partial charge in [0.1, 0.15) is 5.82 Å². The molecule has 2 fully saturated rings. The van der Waals surface area contributed by atoms with E-state index < -0.39 is 0 Å². The van der Waals surface area contributed by atoms with Crippen molar-refractivity contribution in [1.29, 1.82) is 0 Å². The van der Waals surface area contributed by atoms with Crippen LogP contribution in [0, 0.1) is 11.7 Å². The second kappa shape index (κ2) is 9.21. The quantitative estimate of drug-likeness (QED) is 0.497. The van der Waals surface area contributed by atoms with Crippen LogP contribution in [0.25, 0.3) is 0 Å². The van der Waals surface area contributed by atoms with E-state index >= 15 is 0 Å². The Kier molecular flexibility index (Phi) is 6.72.